The van der Waals surface area contributed by atoms with Gasteiger partial charge in [0, 0.05) is 13.1 Å². The Kier molecular flexibility index (Phi) is 3.99. The Labute approximate surface area is 143 Å². The molecule has 2 aliphatic rings. The quantitative estimate of drug-likeness (QED) is 0.868. The molecule has 2 N–H and O–H groups in total. The minimum absolute atomic E-state index is 0. The van der Waals surface area contributed by atoms with Crippen molar-refractivity contribution >= 4 is 35.3 Å². The molecule has 1 saturated heterocycles. The highest BCUT2D eigenvalue weighted by atomic mass is 35.5. The predicted octanol–water partition coefficient (Wildman–Crippen LogP) is 2.45. The van der Waals surface area contributed by atoms with E-state index in [9.17, 15) is 19.1 Å². The number of fused-ring (bicyclic) bond motifs is 2. The number of aromatic nitrogens is 2. The highest BCUT2D eigenvalue weighted by Gasteiger charge is 2.55. The fraction of sp³-hybridized carbons (Fsp3) is 0.438. The molecule has 4 rings (SSSR count). The number of carbonyl (C=O) groups is 2. The number of nitrogens with zero attached hydrogens (tertiary/aromatic N) is 2. The second kappa shape index (κ2) is 5.73. The lowest BCUT2D eigenvalue weighted by molar-refractivity contribution is -0.149. The second-order valence-electron chi connectivity index (χ2n) is 6.49. The van der Waals surface area contributed by atoms with Gasteiger partial charge in [0.2, 0.25) is 0 Å². The number of amides is 1. The molecule has 1 aliphatic carbocycles. The molecule has 1 aromatic heterocycles. The van der Waals surface area contributed by atoms with Gasteiger partial charge in [-0.3, -0.25) is 9.59 Å². The number of likely N-dealkylation sites (tertiary alicyclic amines) is 1. The number of aliphatic carboxylic acids is 1. The molecule has 1 aromatic carbocycles. The summed E-state index contributed by atoms with van der Waals surface area (Å²) in [4.78, 5) is 33.0. The first-order chi connectivity index (χ1) is 11.0. The van der Waals surface area contributed by atoms with Gasteiger partial charge >= 0.3 is 5.97 Å². The molecule has 2 fully saturated rings. The molecular weight excluding hydrogens is 337 g/mol. The number of carboxylic acid groups (broad SMARTS) is 1. The lowest BCUT2D eigenvalue weighted by Crippen LogP contribution is -2.37. The number of hydrogen-bond acceptors (Lipinski definition) is 3. The van der Waals surface area contributed by atoms with E-state index in [1.54, 1.807) is 4.90 Å². The van der Waals surface area contributed by atoms with Crippen LogP contribution in [0.25, 0.3) is 11.0 Å². The van der Waals surface area contributed by atoms with Crippen LogP contribution >= 0.6 is 12.4 Å². The van der Waals surface area contributed by atoms with Crippen molar-refractivity contribution in [2.24, 2.45) is 11.3 Å². The summed E-state index contributed by atoms with van der Waals surface area (Å²) in [6, 6.07) is 2.46. The molecule has 0 spiro atoms. The van der Waals surface area contributed by atoms with E-state index in [0.29, 0.717) is 24.0 Å². The summed E-state index contributed by atoms with van der Waals surface area (Å²) < 4.78 is 13.7. The van der Waals surface area contributed by atoms with Gasteiger partial charge in [0.25, 0.3) is 5.91 Å². The molecular formula is C16H17ClFN3O3. The van der Waals surface area contributed by atoms with Crippen molar-refractivity contribution in [2.45, 2.75) is 19.3 Å². The van der Waals surface area contributed by atoms with Crippen LogP contribution < -0.4 is 0 Å². The molecule has 2 heterocycles. The third-order valence-corrected chi connectivity index (χ3v) is 5.30. The van der Waals surface area contributed by atoms with Crippen molar-refractivity contribution < 1.29 is 19.1 Å². The Morgan fingerprint density at radius 3 is 2.92 bits per heavy atom. The fourth-order valence-electron chi connectivity index (χ4n) is 4.14. The van der Waals surface area contributed by atoms with Gasteiger partial charge in [-0.05, 0) is 30.9 Å². The fourth-order valence-corrected chi connectivity index (χ4v) is 4.14. The van der Waals surface area contributed by atoms with E-state index in [1.165, 1.54) is 18.5 Å². The third-order valence-electron chi connectivity index (χ3n) is 5.30. The van der Waals surface area contributed by atoms with Crippen LogP contribution in [0.15, 0.2) is 18.5 Å². The summed E-state index contributed by atoms with van der Waals surface area (Å²) in [6.07, 6.45) is 3.70. The van der Waals surface area contributed by atoms with Crippen LogP contribution in [-0.4, -0.2) is 44.9 Å². The molecule has 0 unspecified atom stereocenters. The third kappa shape index (κ3) is 2.26. The van der Waals surface area contributed by atoms with Gasteiger partial charge in [0.05, 0.1) is 22.8 Å². The number of carboxylic acids is 1. The minimum Gasteiger partial charge on any atom is -0.481 e. The molecule has 2 atom stereocenters. The zero-order chi connectivity index (χ0) is 16.2. The molecule has 1 aliphatic heterocycles. The number of H-pyrrole nitrogens is 1. The first-order valence-electron chi connectivity index (χ1n) is 7.66. The zero-order valence-corrected chi connectivity index (χ0v) is 13.6. The van der Waals surface area contributed by atoms with E-state index in [4.69, 9.17) is 0 Å². The number of carbonyl (C=O) groups excluding carboxylic acids is 1. The van der Waals surface area contributed by atoms with Crippen LogP contribution in [-0.2, 0) is 4.79 Å². The van der Waals surface area contributed by atoms with Gasteiger partial charge in [-0.15, -0.1) is 12.4 Å². The van der Waals surface area contributed by atoms with Crippen molar-refractivity contribution in [3.63, 3.8) is 0 Å². The van der Waals surface area contributed by atoms with E-state index in [0.717, 1.165) is 12.8 Å². The van der Waals surface area contributed by atoms with E-state index in [-0.39, 0.29) is 36.3 Å². The predicted molar refractivity (Wildman–Crippen MR) is 86.6 cm³/mol. The molecule has 1 amide bonds. The first kappa shape index (κ1) is 16.7. The SMILES string of the molecule is Cl.O=C(c1cc(F)cc2[nH]cnc12)N1C[C@@H]2CCC[C@@]2(C(=O)O)C1. The van der Waals surface area contributed by atoms with Gasteiger partial charge in [-0.25, -0.2) is 9.37 Å². The Morgan fingerprint density at radius 2 is 2.21 bits per heavy atom. The van der Waals surface area contributed by atoms with Gasteiger partial charge in [0.15, 0.2) is 0 Å². The monoisotopic (exact) mass is 353 g/mol. The van der Waals surface area contributed by atoms with Gasteiger partial charge < -0.3 is 15.0 Å². The summed E-state index contributed by atoms with van der Waals surface area (Å²) in [6.45, 7) is 0.599. The van der Waals surface area contributed by atoms with Crippen LogP contribution in [0, 0.1) is 17.2 Å². The van der Waals surface area contributed by atoms with Crippen molar-refractivity contribution in [1.29, 1.82) is 0 Å². The normalized spacial score (nSPS) is 25.5. The average Bonchev–Trinajstić information content (AvgIpc) is 3.18. The lowest BCUT2D eigenvalue weighted by Gasteiger charge is -2.23. The standard InChI is InChI=1S/C16H16FN3O3.ClH/c17-10-4-11(13-12(5-10)18-8-19-13)14(21)20-6-9-2-1-3-16(9,7-20)15(22)23;/h4-5,8-9H,1-3,6-7H2,(H,18,19)(H,22,23);1H/t9-,16+;/m0./s1. The summed E-state index contributed by atoms with van der Waals surface area (Å²) >= 11 is 0. The first-order valence-corrected chi connectivity index (χ1v) is 7.66. The second-order valence-corrected chi connectivity index (χ2v) is 6.49. The van der Waals surface area contributed by atoms with Crippen molar-refractivity contribution in [1.82, 2.24) is 14.9 Å². The van der Waals surface area contributed by atoms with Crippen LogP contribution in [0.1, 0.15) is 29.6 Å². The molecule has 2 aromatic rings. The largest absolute Gasteiger partial charge is 0.481 e. The minimum atomic E-state index is -0.840. The number of aromatic amines is 1. The average molecular weight is 354 g/mol. The molecule has 1 saturated carbocycles. The van der Waals surface area contributed by atoms with Crippen LogP contribution in [0.3, 0.4) is 0 Å². The smallest absolute Gasteiger partial charge is 0.311 e. The Balaban J connectivity index is 0.00000169. The summed E-state index contributed by atoms with van der Waals surface area (Å²) in [5, 5.41) is 9.61. The number of nitrogens with one attached hydrogen (secondary N) is 1. The molecule has 6 nitrogen and oxygen atoms in total. The number of benzene rings is 1. The topological polar surface area (TPSA) is 86.3 Å². The van der Waals surface area contributed by atoms with Gasteiger partial charge in [-0.2, -0.15) is 0 Å². The maximum atomic E-state index is 13.7. The van der Waals surface area contributed by atoms with Crippen LogP contribution in [0.2, 0.25) is 0 Å². The van der Waals surface area contributed by atoms with Crippen molar-refractivity contribution in [3.8, 4) is 0 Å². The molecule has 8 heteroatoms. The molecule has 0 bridgehead atoms. The maximum absolute atomic E-state index is 13.7. The number of imidazole rings is 1. The van der Waals surface area contributed by atoms with Gasteiger partial charge in [-0.1, -0.05) is 6.42 Å². The van der Waals surface area contributed by atoms with Crippen LogP contribution in [0.4, 0.5) is 4.39 Å². The zero-order valence-electron chi connectivity index (χ0n) is 12.8. The van der Waals surface area contributed by atoms with E-state index >= 15 is 0 Å². The highest BCUT2D eigenvalue weighted by Crippen LogP contribution is 2.49. The highest BCUT2D eigenvalue weighted by molar-refractivity contribution is 6.05. The Morgan fingerprint density at radius 1 is 1.42 bits per heavy atom. The maximum Gasteiger partial charge on any atom is 0.311 e. The van der Waals surface area contributed by atoms with Crippen molar-refractivity contribution in [2.75, 3.05) is 13.1 Å². The summed E-state index contributed by atoms with van der Waals surface area (Å²) in [5.41, 5.74) is 0.216. The Hall–Kier alpha value is -2.15. The molecule has 128 valence electrons. The lowest BCUT2D eigenvalue weighted by atomic mass is 9.81. The van der Waals surface area contributed by atoms with Gasteiger partial charge in [0.1, 0.15) is 11.3 Å². The number of halogens is 2. The number of rotatable bonds is 2. The van der Waals surface area contributed by atoms with E-state index < -0.39 is 17.2 Å². The molecule has 24 heavy (non-hydrogen) atoms. The summed E-state index contributed by atoms with van der Waals surface area (Å²) in [5.74, 6) is -1.72. The van der Waals surface area contributed by atoms with Crippen molar-refractivity contribution in [3.05, 3.63) is 29.8 Å². The number of hydrogen-bond donors (Lipinski definition) is 2. The Bertz CT molecular complexity index is 824. The molecule has 0 radical (unpaired) electrons. The van der Waals surface area contributed by atoms with Crippen LogP contribution in [0.5, 0.6) is 0 Å². The van der Waals surface area contributed by atoms with E-state index in [2.05, 4.69) is 9.97 Å². The summed E-state index contributed by atoms with van der Waals surface area (Å²) in [7, 11) is 0. The van der Waals surface area contributed by atoms with E-state index in [1.807, 2.05) is 0 Å².